The minimum Gasteiger partial charge on any atom is -0.495 e. The number of para-hydroxylation sites is 2. The first-order chi connectivity index (χ1) is 12.6. The molecule has 1 atom stereocenters. The molecular formula is C21H23NO4. The lowest BCUT2D eigenvalue weighted by molar-refractivity contribution is -0.152. The summed E-state index contributed by atoms with van der Waals surface area (Å²) in [6.45, 7) is 1.56. The molecule has 0 fully saturated rings. The number of hydrogen-bond acceptors (Lipinski definition) is 4. The number of amides is 1. The van der Waals surface area contributed by atoms with Gasteiger partial charge >= 0.3 is 5.97 Å². The van der Waals surface area contributed by atoms with Crippen LogP contribution in [0.1, 0.15) is 30.0 Å². The normalized spacial score (nSPS) is 13.6. The molecule has 0 aliphatic heterocycles. The molecule has 1 aliphatic rings. The molecule has 5 nitrogen and oxygen atoms in total. The number of anilines is 1. The molecule has 1 amide bonds. The summed E-state index contributed by atoms with van der Waals surface area (Å²) in [6, 6.07) is 13.2. The first-order valence-electron chi connectivity index (χ1n) is 8.81. The Kier molecular flexibility index (Phi) is 5.56. The largest absolute Gasteiger partial charge is 0.495 e. The van der Waals surface area contributed by atoms with Gasteiger partial charge in [-0.3, -0.25) is 9.59 Å². The van der Waals surface area contributed by atoms with Crippen LogP contribution in [0.5, 0.6) is 5.75 Å². The third-order valence-electron chi connectivity index (χ3n) is 4.55. The molecule has 0 unspecified atom stereocenters. The van der Waals surface area contributed by atoms with Crippen molar-refractivity contribution in [3.63, 3.8) is 0 Å². The van der Waals surface area contributed by atoms with Crippen LogP contribution in [0.2, 0.25) is 0 Å². The summed E-state index contributed by atoms with van der Waals surface area (Å²) in [7, 11) is 1.53. The number of aryl methyl sites for hydroxylation is 2. The van der Waals surface area contributed by atoms with Gasteiger partial charge in [0.15, 0.2) is 6.10 Å². The van der Waals surface area contributed by atoms with Crippen LogP contribution < -0.4 is 10.1 Å². The van der Waals surface area contributed by atoms with Gasteiger partial charge in [-0.2, -0.15) is 0 Å². The SMILES string of the molecule is COc1ccccc1NC(=O)[C@@H](C)OC(=O)Cc1ccc2c(c1)CCC2. The van der Waals surface area contributed by atoms with Crippen molar-refractivity contribution in [2.45, 2.75) is 38.7 Å². The van der Waals surface area contributed by atoms with Crippen molar-refractivity contribution >= 4 is 17.6 Å². The Morgan fingerprint density at radius 3 is 2.69 bits per heavy atom. The van der Waals surface area contributed by atoms with Crippen molar-refractivity contribution < 1.29 is 19.1 Å². The molecule has 136 valence electrons. The monoisotopic (exact) mass is 353 g/mol. The van der Waals surface area contributed by atoms with E-state index in [0.29, 0.717) is 11.4 Å². The number of ether oxygens (including phenoxy) is 2. The van der Waals surface area contributed by atoms with Gasteiger partial charge in [0, 0.05) is 0 Å². The van der Waals surface area contributed by atoms with E-state index in [1.807, 2.05) is 12.1 Å². The number of carbonyl (C=O) groups is 2. The zero-order valence-electron chi connectivity index (χ0n) is 15.1. The summed E-state index contributed by atoms with van der Waals surface area (Å²) in [6.07, 6.45) is 2.63. The Hall–Kier alpha value is -2.82. The number of rotatable bonds is 6. The van der Waals surface area contributed by atoms with Crippen molar-refractivity contribution in [2.75, 3.05) is 12.4 Å². The minimum absolute atomic E-state index is 0.166. The van der Waals surface area contributed by atoms with Crippen LogP contribution in [0.3, 0.4) is 0 Å². The maximum absolute atomic E-state index is 12.3. The predicted molar refractivity (Wildman–Crippen MR) is 99.3 cm³/mol. The van der Waals surface area contributed by atoms with Crippen molar-refractivity contribution in [3.8, 4) is 5.75 Å². The molecule has 0 spiro atoms. The molecule has 0 bridgehead atoms. The van der Waals surface area contributed by atoms with Gasteiger partial charge in [0.1, 0.15) is 5.75 Å². The van der Waals surface area contributed by atoms with Gasteiger partial charge in [-0.05, 0) is 55.0 Å². The van der Waals surface area contributed by atoms with Gasteiger partial charge in [0.2, 0.25) is 0 Å². The number of hydrogen-bond donors (Lipinski definition) is 1. The quantitative estimate of drug-likeness (QED) is 0.810. The highest BCUT2D eigenvalue weighted by Gasteiger charge is 2.20. The van der Waals surface area contributed by atoms with E-state index in [9.17, 15) is 9.59 Å². The molecule has 3 rings (SSSR count). The van der Waals surface area contributed by atoms with Crippen molar-refractivity contribution in [3.05, 3.63) is 59.2 Å². The molecule has 2 aromatic rings. The smallest absolute Gasteiger partial charge is 0.311 e. The van der Waals surface area contributed by atoms with Crippen LogP contribution in [0, 0.1) is 0 Å². The van der Waals surface area contributed by atoms with Crippen LogP contribution >= 0.6 is 0 Å². The summed E-state index contributed by atoms with van der Waals surface area (Å²) in [4.78, 5) is 24.5. The van der Waals surface area contributed by atoms with E-state index in [4.69, 9.17) is 9.47 Å². The topological polar surface area (TPSA) is 64.6 Å². The van der Waals surface area contributed by atoms with Gasteiger partial charge in [-0.25, -0.2) is 0 Å². The molecule has 0 saturated carbocycles. The number of methoxy groups -OCH3 is 1. The summed E-state index contributed by atoms with van der Waals surface area (Å²) >= 11 is 0. The van der Waals surface area contributed by atoms with Gasteiger partial charge < -0.3 is 14.8 Å². The van der Waals surface area contributed by atoms with Crippen molar-refractivity contribution in [1.82, 2.24) is 0 Å². The maximum Gasteiger partial charge on any atom is 0.311 e. The minimum atomic E-state index is -0.887. The highest BCUT2D eigenvalue weighted by Crippen LogP contribution is 2.24. The third-order valence-corrected chi connectivity index (χ3v) is 4.55. The number of nitrogens with one attached hydrogen (secondary N) is 1. The van der Waals surface area contributed by atoms with E-state index >= 15 is 0 Å². The third kappa shape index (κ3) is 4.23. The molecule has 1 aliphatic carbocycles. The zero-order chi connectivity index (χ0) is 18.5. The Morgan fingerprint density at radius 1 is 1.12 bits per heavy atom. The number of esters is 1. The summed E-state index contributed by atoms with van der Waals surface area (Å²) < 4.78 is 10.5. The van der Waals surface area contributed by atoms with Crippen LogP contribution in [0.15, 0.2) is 42.5 Å². The maximum atomic E-state index is 12.3. The summed E-state index contributed by atoms with van der Waals surface area (Å²) in [5.74, 6) is -0.250. The molecular weight excluding hydrogens is 330 g/mol. The van der Waals surface area contributed by atoms with E-state index < -0.39 is 18.0 Å². The molecule has 0 heterocycles. The summed E-state index contributed by atoms with van der Waals surface area (Å²) in [5, 5.41) is 2.72. The van der Waals surface area contributed by atoms with E-state index in [-0.39, 0.29) is 6.42 Å². The lowest BCUT2D eigenvalue weighted by Crippen LogP contribution is -2.30. The average molecular weight is 353 g/mol. The fraction of sp³-hybridized carbons (Fsp3) is 0.333. The first kappa shape index (κ1) is 18.0. The van der Waals surface area contributed by atoms with Gasteiger partial charge in [-0.1, -0.05) is 30.3 Å². The Morgan fingerprint density at radius 2 is 1.88 bits per heavy atom. The predicted octanol–water partition coefficient (Wildman–Crippen LogP) is 3.30. The standard InChI is InChI=1S/C21H23NO4/c1-14(21(24)22-18-8-3-4-9-19(18)25-2)26-20(23)13-15-10-11-16-6-5-7-17(16)12-15/h3-4,8-12,14H,5-7,13H2,1-2H3,(H,22,24)/t14-/m1/s1. The highest BCUT2D eigenvalue weighted by molar-refractivity contribution is 5.96. The number of benzene rings is 2. The van der Waals surface area contributed by atoms with Crippen LogP contribution in [-0.2, 0) is 33.6 Å². The zero-order valence-corrected chi connectivity index (χ0v) is 15.1. The van der Waals surface area contributed by atoms with Crippen LogP contribution in [0.25, 0.3) is 0 Å². The van der Waals surface area contributed by atoms with E-state index in [1.54, 1.807) is 25.1 Å². The number of carbonyl (C=O) groups excluding carboxylic acids is 2. The Balaban J connectivity index is 1.56. The van der Waals surface area contributed by atoms with Crippen molar-refractivity contribution in [2.24, 2.45) is 0 Å². The number of fused-ring (bicyclic) bond motifs is 1. The Bertz CT molecular complexity index is 815. The first-order valence-corrected chi connectivity index (χ1v) is 8.81. The Labute approximate surface area is 153 Å². The molecule has 0 aromatic heterocycles. The molecule has 0 saturated heterocycles. The van der Waals surface area contributed by atoms with Crippen LogP contribution in [0.4, 0.5) is 5.69 Å². The van der Waals surface area contributed by atoms with Crippen molar-refractivity contribution in [1.29, 1.82) is 0 Å². The second kappa shape index (κ2) is 8.04. The fourth-order valence-corrected chi connectivity index (χ4v) is 3.18. The average Bonchev–Trinajstić information content (AvgIpc) is 3.09. The van der Waals surface area contributed by atoms with E-state index in [0.717, 1.165) is 18.4 Å². The molecule has 5 heteroatoms. The van der Waals surface area contributed by atoms with Gasteiger partial charge in [0.05, 0.1) is 19.2 Å². The van der Waals surface area contributed by atoms with E-state index in [1.165, 1.54) is 24.7 Å². The fourth-order valence-electron chi connectivity index (χ4n) is 3.18. The molecule has 1 N–H and O–H groups in total. The van der Waals surface area contributed by atoms with Gasteiger partial charge in [-0.15, -0.1) is 0 Å². The van der Waals surface area contributed by atoms with Crippen LogP contribution in [-0.4, -0.2) is 25.1 Å². The highest BCUT2D eigenvalue weighted by atomic mass is 16.5. The van der Waals surface area contributed by atoms with Gasteiger partial charge in [0.25, 0.3) is 5.91 Å². The lowest BCUT2D eigenvalue weighted by Gasteiger charge is -2.15. The molecule has 26 heavy (non-hydrogen) atoms. The molecule has 2 aromatic carbocycles. The lowest BCUT2D eigenvalue weighted by atomic mass is 10.0. The molecule has 0 radical (unpaired) electrons. The van der Waals surface area contributed by atoms with E-state index in [2.05, 4.69) is 17.4 Å². The summed E-state index contributed by atoms with van der Waals surface area (Å²) in [5.41, 5.74) is 4.15. The second-order valence-electron chi connectivity index (χ2n) is 6.46. The second-order valence-corrected chi connectivity index (χ2v) is 6.46.